The van der Waals surface area contributed by atoms with Gasteiger partial charge in [0, 0.05) is 12.5 Å². The summed E-state index contributed by atoms with van der Waals surface area (Å²) in [6.45, 7) is -0.398. The number of methoxy groups -OCH3 is 1. The number of amides is 4. The maximum atomic E-state index is 13.9. The molecule has 9 atom stereocenters. The summed E-state index contributed by atoms with van der Waals surface area (Å²) in [6, 6.07) is 12.8. The number of esters is 1. The van der Waals surface area contributed by atoms with E-state index in [0.29, 0.717) is 18.1 Å². The predicted molar refractivity (Wildman–Crippen MR) is 190 cm³/mol. The quantitative estimate of drug-likeness (QED) is 0.141. The van der Waals surface area contributed by atoms with Crippen LogP contribution in [0, 0.1) is 29.6 Å². The number of nitrogens with one attached hydrogen (secondary N) is 4. The Morgan fingerprint density at radius 2 is 1.56 bits per heavy atom. The molecular weight excluding hydrogens is 659 g/mol. The van der Waals surface area contributed by atoms with E-state index in [1.165, 1.54) is 31.0 Å². The van der Waals surface area contributed by atoms with Gasteiger partial charge in [0.1, 0.15) is 17.8 Å². The summed E-state index contributed by atoms with van der Waals surface area (Å²) in [4.78, 5) is 66.1. The van der Waals surface area contributed by atoms with E-state index >= 15 is 0 Å². The van der Waals surface area contributed by atoms with Crippen molar-refractivity contribution < 1.29 is 33.8 Å². The Balaban J connectivity index is 1.20. The van der Waals surface area contributed by atoms with Crippen molar-refractivity contribution in [3.63, 3.8) is 0 Å². The average molecular weight is 708 g/mol. The standard InChI is InChI=1S/C37H49N5O7S/c1-49-37(48)32-24-14-23-15-25(19-24)33(27(32)16-23)42-36(47)30(18-21-6-4-3-5-7-21)40-31(44)20-39-35(46)29(12-13-50-2)41-34(45)28(38)17-22-8-10-26(43)11-9-22/h3-11,23-25,27-30,32-33,43H,12-20,38H2,1-2H3,(H,39,46)(H,40,44)(H,41,45)(H,42,47)/t23?,24?,25?,27?,28-,29+,30-,32?,33?/m0/s1. The summed E-state index contributed by atoms with van der Waals surface area (Å²) in [5.74, 6) is -0.586. The zero-order chi connectivity index (χ0) is 35.8. The van der Waals surface area contributed by atoms with Crippen molar-refractivity contribution in [2.75, 3.05) is 25.7 Å². The van der Waals surface area contributed by atoms with Crippen LogP contribution in [0.1, 0.15) is 43.2 Å². The highest BCUT2D eigenvalue weighted by Gasteiger charge is 2.56. The first-order valence-corrected chi connectivity index (χ1v) is 18.8. The van der Waals surface area contributed by atoms with Crippen LogP contribution in [-0.4, -0.2) is 84.5 Å². The number of nitrogens with two attached hydrogens (primary N) is 1. The van der Waals surface area contributed by atoms with Crippen LogP contribution in [0.2, 0.25) is 0 Å². The second-order valence-corrected chi connectivity index (χ2v) is 14.9. The van der Waals surface area contributed by atoms with Gasteiger partial charge in [-0.25, -0.2) is 0 Å². The Kier molecular flexibility index (Phi) is 12.8. The van der Waals surface area contributed by atoms with Crippen LogP contribution >= 0.6 is 11.8 Å². The molecule has 0 spiro atoms. The molecule has 270 valence electrons. The normalized spacial score (nSPS) is 25.1. The first-order valence-electron chi connectivity index (χ1n) is 17.4. The molecule has 4 amide bonds. The third-order valence-corrected chi connectivity index (χ3v) is 11.2. The zero-order valence-electron chi connectivity index (χ0n) is 28.6. The Morgan fingerprint density at radius 3 is 2.26 bits per heavy atom. The van der Waals surface area contributed by atoms with Gasteiger partial charge >= 0.3 is 5.97 Å². The van der Waals surface area contributed by atoms with E-state index in [0.717, 1.165) is 36.8 Å². The van der Waals surface area contributed by atoms with Gasteiger partial charge in [0.2, 0.25) is 23.6 Å². The number of aromatic hydroxyl groups is 1. The van der Waals surface area contributed by atoms with E-state index in [1.807, 2.05) is 36.6 Å². The number of hydrogen-bond acceptors (Lipinski definition) is 9. The topological polar surface area (TPSA) is 189 Å². The summed E-state index contributed by atoms with van der Waals surface area (Å²) in [6.07, 6.45) is 6.45. The molecule has 50 heavy (non-hydrogen) atoms. The van der Waals surface area contributed by atoms with Crippen molar-refractivity contribution in [2.45, 2.75) is 69.1 Å². The van der Waals surface area contributed by atoms with Gasteiger partial charge in [-0.3, -0.25) is 24.0 Å². The van der Waals surface area contributed by atoms with E-state index < -0.39 is 42.4 Å². The van der Waals surface area contributed by atoms with Gasteiger partial charge in [0.05, 0.1) is 25.6 Å². The van der Waals surface area contributed by atoms with Crippen LogP contribution in [0.4, 0.5) is 0 Å². The molecule has 4 saturated carbocycles. The molecule has 0 heterocycles. The molecule has 0 saturated heterocycles. The number of hydrogen-bond donors (Lipinski definition) is 6. The molecule has 0 aromatic heterocycles. The summed E-state index contributed by atoms with van der Waals surface area (Å²) in [5, 5.41) is 20.9. The third kappa shape index (κ3) is 9.36. The summed E-state index contributed by atoms with van der Waals surface area (Å²) in [7, 11) is 1.42. The molecule has 12 nitrogen and oxygen atoms in total. The summed E-state index contributed by atoms with van der Waals surface area (Å²) in [5.41, 5.74) is 7.75. The van der Waals surface area contributed by atoms with Gasteiger partial charge in [-0.15, -0.1) is 0 Å². The summed E-state index contributed by atoms with van der Waals surface area (Å²) >= 11 is 1.51. The number of rotatable bonds is 16. The second-order valence-electron chi connectivity index (χ2n) is 13.9. The van der Waals surface area contributed by atoms with Crippen molar-refractivity contribution in [1.82, 2.24) is 21.3 Å². The number of carbonyl (C=O) groups excluding carboxylic acids is 5. The molecule has 2 aromatic carbocycles. The predicted octanol–water partition coefficient (Wildman–Crippen LogP) is 1.68. The fourth-order valence-electron chi connectivity index (χ4n) is 8.26. The number of carbonyl (C=O) groups is 5. The highest BCUT2D eigenvalue weighted by atomic mass is 32.2. The van der Waals surface area contributed by atoms with Crippen molar-refractivity contribution >= 4 is 41.4 Å². The molecule has 0 aliphatic heterocycles. The minimum Gasteiger partial charge on any atom is -0.508 e. The van der Waals surface area contributed by atoms with Crippen LogP contribution in [0.3, 0.4) is 0 Å². The van der Waals surface area contributed by atoms with Gasteiger partial charge in [-0.05, 0) is 97.5 Å². The van der Waals surface area contributed by atoms with Crippen LogP contribution in [0.5, 0.6) is 5.75 Å². The lowest BCUT2D eigenvalue weighted by atomic mass is 9.50. The molecule has 6 unspecified atom stereocenters. The van der Waals surface area contributed by atoms with Crippen molar-refractivity contribution in [3.05, 3.63) is 65.7 Å². The third-order valence-electron chi connectivity index (χ3n) is 10.5. The second kappa shape index (κ2) is 17.2. The van der Waals surface area contributed by atoms with E-state index in [1.54, 1.807) is 12.1 Å². The number of thioether (sulfide) groups is 1. The van der Waals surface area contributed by atoms with Gasteiger partial charge in [0.15, 0.2) is 0 Å². The maximum Gasteiger partial charge on any atom is 0.309 e. The minimum atomic E-state index is -0.929. The van der Waals surface area contributed by atoms with Crippen molar-refractivity contribution in [2.24, 2.45) is 35.3 Å². The Morgan fingerprint density at radius 1 is 0.860 bits per heavy atom. The maximum absolute atomic E-state index is 13.9. The fourth-order valence-corrected chi connectivity index (χ4v) is 8.73. The van der Waals surface area contributed by atoms with Gasteiger partial charge in [-0.1, -0.05) is 42.5 Å². The van der Waals surface area contributed by atoms with Crippen LogP contribution in [-0.2, 0) is 41.6 Å². The number of ether oxygens (including phenoxy) is 1. The van der Waals surface area contributed by atoms with E-state index in [4.69, 9.17) is 10.5 Å². The molecule has 7 N–H and O–H groups in total. The number of benzene rings is 2. The minimum absolute atomic E-state index is 0.00217. The monoisotopic (exact) mass is 707 g/mol. The molecule has 4 aliphatic rings. The Labute approximate surface area is 297 Å². The van der Waals surface area contributed by atoms with Gasteiger partial charge in [0.25, 0.3) is 0 Å². The first kappa shape index (κ1) is 37.2. The molecule has 4 fully saturated rings. The molecule has 13 heteroatoms. The average Bonchev–Trinajstić information content (AvgIpc) is 3.11. The van der Waals surface area contributed by atoms with Crippen LogP contribution in [0.25, 0.3) is 0 Å². The molecular formula is C37H49N5O7S. The smallest absolute Gasteiger partial charge is 0.309 e. The lowest BCUT2D eigenvalue weighted by Crippen LogP contribution is -2.63. The number of phenols is 1. The van der Waals surface area contributed by atoms with E-state index in [2.05, 4.69) is 21.3 Å². The molecule has 0 radical (unpaired) electrons. The lowest BCUT2D eigenvalue weighted by molar-refractivity contribution is -0.163. The van der Waals surface area contributed by atoms with Crippen LogP contribution in [0.15, 0.2) is 54.6 Å². The lowest BCUT2D eigenvalue weighted by Gasteiger charge is -2.57. The Bertz CT molecular complexity index is 1510. The van der Waals surface area contributed by atoms with E-state index in [9.17, 15) is 29.1 Å². The number of phenolic OH excluding ortho intramolecular Hbond substituents is 1. The van der Waals surface area contributed by atoms with E-state index in [-0.39, 0.29) is 60.2 Å². The SMILES string of the molecule is COC(=O)C1C2CC3CC(C2)C(NC(=O)[C@H](Cc2ccccc2)NC(=O)CNC(=O)[C@@H](CCSC)NC(=O)[C@@H](N)Cc2ccc(O)cc2)C1C3. The Hall–Kier alpha value is -4.10. The molecule has 2 aromatic rings. The molecule has 4 bridgehead atoms. The van der Waals surface area contributed by atoms with Gasteiger partial charge < -0.3 is 36.8 Å². The first-order chi connectivity index (χ1) is 24.1. The van der Waals surface area contributed by atoms with Crippen molar-refractivity contribution in [3.8, 4) is 5.75 Å². The largest absolute Gasteiger partial charge is 0.508 e. The highest BCUT2D eigenvalue weighted by molar-refractivity contribution is 7.98. The van der Waals surface area contributed by atoms with Crippen molar-refractivity contribution in [1.29, 1.82) is 0 Å². The zero-order valence-corrected chi connectivity index (χ0v) is 29.5. The summed E-state index contributed by atoms with van der Waals surface area (Å²) < 4.78 is 5.17. The fraction of sp³-hybridized carbons (Fsp3) is 0.541. The molecule has 4 aliphatic carbocycles. The van der Waals surface area contributed by atoms with Crippen LogP contribution < -0.4 is 27.0 Å². The molecule has 6 rings (SSSR count). The van der Waals surface area contributed by atoms with Gasteiger partial charge in [-0.2, -0.15) is 11.8 Å². The highest BCUT2D eigenvalue weighted by Crippen LogP contribution is 2.56.